The maximum Gasteiger partial charge on any atom is 0.327 e. The summed E-state index contributed by atoms with van der Waals surface area (Å²) >= 11 is 0. The van der Waals surface area contributed by atoms with Crippen molar-refractivity contribution in [1.29, 1.82) is 0 Å². The van der Waals surface area contributed by atoms with Crippen LogP contribution in [-0.2, 0) is 19.2 Å². The van der Waals surface area contributed by atoms with Gasteiger partial charge in [0.15, 0.2) is 0 Å². The second-order valence-electron chi connectivity index (χ2n) is 10.4. The third kappa shape index (κ3) is 6.58. The minimum Gasteiger partial charge on any atom is -0.508 e. The highest BCUT2D eigenvalue weighted by Gasteiger charge is 2.43. The fourth-order valence-electron chi connectivity index (χ4n) is 5.75. The number of nitrogens with one attached hydrogen (secondary N) is 3. The molecule has 4 atom stereocenters. The van der Waals surface area contributed by atoms with Gasteiger partial charge in [-0.25, -0.2) is 4.79 Å². The van der Waals surface area contributed by atoms with Gasteiger partial charge in [0, 0.05) is 24.0 Å². The highest BCUT2D eigenvalue weighted by atomic mass is 33.1. The van der Waals surface area contributed by atoms with Gasteiger partial charge in [0.2, 0.25) is 17.7 Å². The molecule has 1 saturated carbocycles. The van der Waals surface area contributed by atoms with Gasteiger partial charge in [-0.2, -0.15) is 0 Å². The summed E-state index contributed by atoms with van der Waals surface area (Å²) in [5.41, 5.74) is 0.269. The molecule has 3 aliphatic rings. The zero-order valence-corrected chi connectivity index (χ0v) is 23.1. The lowest BCUT2D eigenvalue weighted by Gasteiger charge is -2.29. The van der Waals surface area contributed by atoms with E-state index in [1.165, 1.54) is 21.6 Å². The van der Waals surface area contributed by atoms with E-state index in [4.69, 9.17) is 0 Å². The normalized spacial score (nSPS) is 29.0. The van der Waals surface area contributed by atoms with Crippen molar-refractivity contribution in [2.75, 3.05) is 31.6 Å². The van der Waals surface area contributed by atoms with Gasteiger partial charge in [-0.3, -0.25) is 19.3 Å². The molecule has 0 bridgehead atoms. The minimum atomic E-state index is -1.09. The van der Waals surface area contributed by atoms with Gasteiger partial charge in [0.25, 0.3) is 0 Å². The SMILES string of the molecule is CN1CCC(c2ccc(O)cc2)[C@H]1C(=O)NC1CSSC[C@@H](C(=O)O)NC(=O)C2(CCCC2)CCNC1=O. The van der Waals surface area contributed by atoms with Crippen LogP contribution in [0.3, 0.4) is 0 Å². The first-order valence-corrected chi connectivity index (χ1v) is 15.5. The molecule has 1 aromatic rings. The number of hydrogen-bond donors (Lipinski definition) is 5. The van der Waals surface area contributed by atoms with Crippen LogP contribution in [0.2, 0.25) is 0 Å². The molecule has 12 heteroatoms. The van der Waals surface area contributed by atoms with Crippen LogP contribution in [0, 0.1) is 5.41 Å². The molecule has 38 heavy (non-hydrogen) atoms. The number of carboxylic acids is 1. The van der Waals surface area contributed by atoms with Gasteiger partial charge >= 0.3 is 5.97 Å². The van der Waals surface area contributed by atoms with Gasteiger partial charge in [0.1, 0.15) is 17.8 Å². The summed E-state index contributed by atoms with van der Waals surface area (Å²) in [5, 5.41) is 27.9. The Labute approximate surface area is 230 Å². The molecule has 10 nitrogen and oxygen atoms in total. The Morgan fingerprint density at radius 2 is 1.76 bits per heavy atom. The lowest BCUT2D eigenvalue weighted by atomic mass is 9.81. The minimum absolute atomic E-state index is 0.0731. The summed E-state index contributed by atoms with van der Waals surface area (Å²) in [7, 11) is 4.45. The number of amides is 3. The number of benzene rings is 1. The summed E-state index contributed by atoms with van der Waals surface area (Å²) in [5.74, 6) is -1.39. The van der Waals surface area contributed by atoms with Crippen LogP contribution in [0.4, 0.5) is 0 Å². The fourth-order valence-corrected chi connectivity index (χ4v) is 8.07. The molecule has 3 amide bonds. The highest BCUT2D eigenvalue weighted by Crippen LogP contribution is 2.41. The maximum absolute atomic E-state index is 13.5. The van der Waals surface area contributed by atoms with E-state index in [-0.39, 0.29) is 47.4 Å². The lowest BCUT2D eigenvalue weighted by Crippen LogP contribution is -2.54. The molecule has 0 aromatic heterocycles. The van der Waals surface area contributed by atoms with Crippen LogP contribution >= 0.6 is 21.6 Å². The average molecular weight is 565 g/mol. The topological polar surface area (TPSA) is 148 Å². The first-order valence-electron chi connectivity index (χ1n) is 13.1. The largest absolute Gasteiger partial charge is 0.508 e. The molecule has 2 saturated heterocycles. The standard InChI is InChI=1S/C26H36N4O6S2/c1-30-13-8-18(16-4-6-17(31)7-5-16)21(30)23(33)28-19-14-37-38-15-20(24(34)35)29-25(36)26(9-2-3-10-26)11-12-27-22(19)32/h4-7,18-21,31H,2-3,8-15H2,1H3,(H,27,32)(H,28,33)(H,29,36)(H,34,35)/t18?,19?,20-,21-/m0/s1. The molecule has 1 aliphatic carbocycles. The monoisotopic (exact) mass is 564 g/mol. The van der Waals surface area contributed by atoms with Crippen molar-refractivity contribution in [2.24, 2.45) is 5.41 Å². The molecule has 1 aromatic carbocycles. The first-order chi connectivity index (χ1) is 18.2. The zero-order chi connectivity index (χ0) is 27.3. The molecule has 0 radical (unpaired) electrons. The van der Waals surface area contributed by atoms with Crippen molar-refractivity contribution >= 4 is 45.3 Å². The van der Waals surface area contributed by atoms with Crippen LogP contribution in [0.25, 0.3) is 0 Å². The molecule has 4 rings (SSSR count). The second-order valence-corrected chi connectivity index (χ2v) is 13.0. The van der Waals surface area contributed by atoms with E-state index < -0.39 is 29.5 Å². The Balaban J connectivity index is 1.48. The van der Waals surface area contributed by atoms with E-state index in [1.807, 2.05) is 24.1 Å². The Kier molecular flexibility index (Phi) is 9.48. The number of likely N-dealkylation sites (N-methyl/N-ethyl adjacent to an activating group) is 1. The van der Waals surface area contributed by atoms with Crippen LogP contribution in [0.15, 0.2) is 24.3 Å². The van der Waals surface area contributed by atoms with Crippen molar-refractivity contribution in [1.82, 2.24) is 20.9 Å². The van der Waals surface area contributed by atoms with Crippen molar-refractivity contribution in [2.45, 2.75) is 62.6 Å². The van der Waals surface area contributed by atoms with E-state index >= 15 is 0 Å². The number of carbonyl (C=O) groups excluding carboxylic acids is 3. The van der Waals surface area contributed by atoms with E-state index in [0.717, 1.165) is 31.4 Å². The molecule has 5 N–H and O–H groups in total. The van der Waals surface area contributed by atoms with Crippen molar-refractivity contribution in [3.63, 3.8) is 0 Å². The smallest absolute Gasteiger partial charge is 0.327 e. The summed E-state index contributed by atoms with van der Waals surface area (Å²) in [4.78, 5) is 53.6. The van der Waals surface area contributed by atoms with Crippen LogP contribution in [0.1, 0.15) is 50.0 Å². The number of hydrogen-bond acceptors (Lipinski definition) is 8. The number of nitrogens with zero attached hydrogens (tertiary/aromatic N) is 1. The molecule has 1 spiro atoms. The number of rotatable bonds is 4. The number of aromatic hydroxyl groups is 1. The third-order valence-electron chi connectivity index (χ3n) is 7.97. The Morgan fingerprint density at radius 3 is 2.45 bits per heavy atom. The Hall–Kier alpha value is -2.44. The predicted molar refractivity (Wildman–Crippen MR) is 147 cm³/mol. The summed E-state index contributed by atoms with van der Waals surface area (Å²) in [6.45, 7) is 0.998. The molecule has 3 fully saturated rings. The number of phenols is 1. The van der Waals surface area contributed by atoms with E-state index in [9.17, 15) is 29.4 Å². The Bertz CT molecular complexity index is 1030. The first kappa shape index (κ1) is 28.6. The van der Waals surface area contributed by atoms with Gasteiger partial charge in [0.05, 0.1) is 11.5 Å². The fraction of sp³-hybridized carbons (Fsp3) is 0.615. The zero-order valence-electron chi connectivity index (χ0n) is 21.5. The summed E-state index contributed by atoms with van der Waals surface area (Å²) in [6.07, 6.45) is 4.30. The van der Waals surface area contributed by atoms with E-state index in [2.05, 4.69) is 16.0 Å². The second kappa shape index (κ2) is 12.6. The van der Waals surface area contributed by atoms with Gasteiger partial charge < -0.3 is 26.2 Å². The van der Waals surface area contributed by atoms with Crippen molar-refractivity contribution in [3.05, 3.63) is 29.8 Å². The van der Waals surface area contributed by atoms with Crippen LogP contribution < -0.4 is 16.0 Å². The summed E-state index contributed by atoms with van der Waals surface area (Å²) < 4.78 is 0. The predicted octanol–water partition coefficient (Wildman–Crippen LogP) is 1.70. The number of phenolic OH excluding ortho intramolecular Hbond substituents is 1. The Morgan fingerprint density at radius 1 is 1.08 bits per heavy atom. The summed E-state index contributed by atoms with van der Waals surface area (Å²) in [6, 6.07) is 4.58. The van der Waals surface area contributed by atoms with Crippen LogP contribution in [0.5, 0.6) is 5.75 Å². The van der Waals surface area contributed by atoms with Crippen LogP contribution in [-0.4, -0.2) is 88.6 Å². The van der Waals surface area contributed by atoms with Gasteiger partial charge in [-0.15, -0.1) is 0 Å². The molecule has 2 aliphatic heterocycles. The highest BCUT2D eigenvalue weighted by molar-refractivity contribution is 8.76. The van der Waals surface area contributed by atoms with Crippen molar-refractivity contribution < 1.29 is 29.4 Å². The lowest BCUT2D eigenvalue weighted by molar-refractivity contribution is -0.143. The van der Waals surface area contributed by atoms with E-state index in [1.54, 1.807) is 12.1 Å². The van der Waals surface area contributed by atoms with Crippen molar-refractivity contribution in [3.8, 4) is 5.75 Å². The quantitative estimate of drug-likeness (QED) is 0.345. The number of carbonyl (C=O) groups is 4. The molecular weight excluding hydrogens is 528 g/mol. The van der Waals surface area contributed by atoms with Gasteiger partial charge in [-0.05, 0) is 57.0 Å². The number of carboxylic acid groups (broad SMARTS) is 1. The molecule has 208 valence electrons. The molecule has 2 unspecified atom stereocenters. The molecular formula is C26H36N4O6S2. The van der Waals surface area contributed by atoms with Gasteiger partial charge in [-0.1, -0.05) is 46.6 Å². The average Bonchev–Trinajstić information content (AvgIpc) is 3.52. The molecule has 2 heterocycles. The third-order valence-corrected chi connectivity index (χ3v) is 10.4. The number of aliphatic carboxylic acids is 1. The van der Waals surface area contributed by atoms with E-state index in [0.29, 0.717) is 19.3 Å². The number of likely N-dealkylation sites (tertiary alicyclic amines) is 1. The maximum atomic E-state index is 13.5.